The summed E-state index contributed by atoms with van der Waals surface area (Å²) in [6.45, 7) is 0.315. The van der Waals surface area contributed by atoms with Gasteiger partial charge in [-0.2, -0.15) is 0 Å². The van der Waals surface area contributed by atoms with E-state index < -0.39 is 6.04 Å². The molecular formula is C22H29N7O3. The average Bonchev–Trinajstić information content (AvgIpc) is 3.42. The number of carbonyl (C=O) groups excluding carboxylic acids is 1. The first-order valence-electron chi connectivity index (χ1n) is 10.6. The third-order valence-electron chi connectivity index (χ3n) is 5.97. The van der Waals surface area contributed by atoms with Crippen molar-refractivity contribution in [3.8, 4) is 5.75 Å². The summed E-state index contributed by atoms with van der Waals surface area (Å²) >= 11 is 0. The van der Waals surface area contributed by atoms with Crippen molar-refractivity contribution in [2.24, 2.45) is 5.73 Å². The maximum atomic E-state index is 13.2. The van der Waals surface area contributed by atoms with Crippen LogP contribution in [-0.4, -0.2) is 81.9 Å². The van der Waals surface area contributed by atoms with Crippen molar-refractivity contribution < 1.29 is 14.6 Å². The van der Waals surface area contributed by atoms with Gasteiger partial charge in [0.05, 0.1) is 38.2 Å². The third-order valence-corrected chi connectivity index (χ3v) is 5.97. The number of benzene rings is 1. The monoisotopic (exact) mass is 439 g/mol. The predicted octanol–water partition coefficient (Wildman–Crippen LogP) is 0.605. The highest BCUT2D eigenvalue weighted by Gasteiger charge is 2.38. The molecule has 0 aliphatic carbocycles. The van der Waals surface area contributed by atoms with Crippen LogP contribution in [-0.2, 0) is 11.2 Å². The van der Waals surface area contributed by atoms with Crippen molar-refractivity contribution >= 4 is 22.9 Å². The molecule has 4 rings (SSSR count). The van der Waals surface area contributed by atoms with Crippen LogP contribution in [0.2, 0.25) is 0 Å². The van der Waals surface area contributed by atoms with E-state index in [0.717, 1.165) is 17.1 Å². The summed E-state index contributed by atoms with van der Waals surface area (Å²) in [7, 11) is 5.42. The summed E-state index contributed by atoms with van der Waals surface area (Å²) in [5.74, 6) is 1.32. The Hall–Kier alpha value is -3.24. The third kappa shape index (κ3) is 4.11. The molecule has 1 aliphatic rings. The van der Waals surface area contributed by atoms with Gasteiger partial charge >= 0.3 is 0 Å². The maximum Gasteiger partial charge on any atom is 0.240 e. The van der Waals surface area contributed by atoms with Gasteiger partial charge in [-0.1, -0.05) is 12.1 Å². The summed E-state index contributed by atoms with van der Waals surface area (Å²) in [6.07, 6.45) is 4.26. The molecule has 10 nitrogen and oxygen atoms in total. The van der Waals surface area contributed by atoms with Gasteiger partial charge in [-0.3, -0.25) is 4.79 Å². The van der Waals surface area contributed by atoms with Crippen LogP contribution < -0.4 is 15.4 Å². The van der Waals surface area contributed by atoms with Gasteiger partial charge in [0.15, 0.2) is 17.0 Å². The van der Waals surface area contributed by atoms with Crippen molar-refractivity contribution in [1.29, 1.82) is 0 Å². The van der Waals surface area contributed by atoms with Gasteiger partial charge in [0.2, 0.25) is 5.91 Å². The summed E-state index contributed by atoms with van der Waals surface area (Å²) < 4.78 is 7.14. The molecule has 3 atom stereocenters. The Morgan fingerprint density at radius 2 is 2.03 bits per heavy atom. The molecule has 10 heteroatoms. The molecule has 3 heterocycles. The van der Waals surface area contributed by atoms with Gasteiger partial charge < -0.3 is 29.9 Å². The largest absolute Gasteiger partial charge is 0.497 e. The second-order valence-electron chi connectivity index (χ2n) is 8.29. The molecular weight excluding hydrogens is 410 g/mol. The molecule has 1 fully saturated rings. The predicted molar refractivity (Wildman–Crippen MR) is 121 cm³/mol. The molecule has 1 aliphatic heterocycles. The van der Waals surface area contributed by atoms with Gasteiger partial charge in [0, 0.05) is 20.6 Å². The van der Waals surface area contributed by atoms with E-state index in [9.17, 15) is 9.90 Å². The highest BCUT2D eigenvalue weighted by molar-refractivity contribution is 5.84. The van der Waals surface area contributed by atoms with Crippen molar-refractivity contribution in [2.45, 2.75) is 31.0 Å². The van der Waals surface area contributed by atoms with Gasteiger partial charge in [0.1, 0.15) is 12.1 Å². The van der Waals surface area contributed by atoms with Gasteiger partial charge in [-0.25, -0.2) is 15.0 Å². The van der Waals surface area contributed by atoms with E-state index >= 15 is 0 Å². The molecule has 0 saturated carbocycles. The zero-order chi connectivity index (χ0) is 22.8. The van der Waals surface area contributed by atoms with Crippen LogP contribution >= 0.6 is 0 Å². The normalized spacial score (nSPS) is 19.3. The number of hydrogen-bond acceptors (Lipinski definition) is 8. The molecule has 0 bridgehead atoms. The number of amides is 1. The van der Waals surface area contributed by atoms with E-state index in [0.29, 0.717) is 30.6 Å². The molecule has 1 amide bonds. The van der Waals surface area contributed by atoms with Crippen LogP contribution in [0.25, 0.3) is 11.2 Å². The molecule has 3 unspecified atom stereocenters. The Morgan fingerprint density at radius 3 is 2.69 bits per heavy atom. The average molecular weight is 440 g/mol. The second kappa shape index (κ2) is 9.09. The molecule has 2 aromatic heterocycles. The van der Waals surface area contributed by atoms with Gasteiger partial charge in [-0.05, 0) is 30.5 Å². The molecule has 1 aromatic carbocycles. The quantitative estimate of drug-likeness (QED) is 0.549. The SMILES string of the molecule is COc1ccc(CC(N)C(=O)N2CC(n3cnc4c(N(C)C)ncnc43)CC2CO)cc1. The molecule has 1 saturated heterocycles. The number of carbonyl (C=O) groups is 1. The van der Waals surface area contributed by atoms with Crippen molar-refractivity contribution in [3.63, 3.8) is 0 Å². The summed E-state index contributed by atoms with van der Waals surface area (Å²) in [5.41, 5.74) is 8.65. The van der Waals surface area contributed by atoms with Crippen LogP contribution in [0.5, 0.6) is 5.75 Å². The zero-order valence-corrected chi connectivity index (χ0v) is 18.5. The lowest BCUT2D eigenvalue weighted by Gasteiger charge is -2.26. The Balaban J connectivity index is 1.51. The van der Waals surface area contributed by atoms with E-state index in [1.54, 1.807) is 18.3 Å². The van der Waals surface area contributed by atoms with Crippen LogP contribution in [0.4, 0.5) is 5.82 Å². The summed E-state index contributed by atoms with van der Waals surface area (Å²) in [6, 6.07) is 6.45. The number of nitrogens with zero attached hydrogens (tertiary/aromatic N) is 6. The first-order chi connectivity index (χ1) is 15.4. The number of likely N-dealkylation sites (tertiary alicyclic amines) is 1. The first kappa shape index (κ1) is 22.0. The minimum atomic E-state index is -0.696. The Bertz CT molecular complexity index is 1080. The lowest BCUT2D eigenvalue weighted by molar-refractivity contribution is -0.134. The number of aliphatic hydroxyl groups is 1. The minimum absolute atomic E-state index is 0.0563. The van der Waals surface area contributed by atoms with E-state index in [1.165, 1.54) is 6.33 Å². The number of methoxy groups -OCH3 is 1. The Kier molecular flexibility index (Phi) is 6.24. The van der Waals surface area contributed by atoms with E-state index in [1.807, 2.05) is 47.8 Å². The number of aromatic nitrogens is 4. The number of aliphatic hydroxyl groups excluding tert-OH is 1. The number of ether oxygens (including phenoxy) is 1. The van der Waals surface area contributed by atoms with E-state index in [-0.39, 0.29) is 24.6 Å². The molecule has 0 radical (unpaired) electrons. The van der Waals surface area contributed by atoms with Crippen molar-refractivity contribution in [2.75, 3.05) is 39.3 Å². The van der Waals surface area contributed by atoms with Crippen molar-refractivity contribution in [3.05, 3.63) is 42.5 Å². The fourth-order valence-electron chi connectivity index (χ4n) is 4.29. The number of nitrogens with two attached hydrogens (primary N) is 1. The van der Waals surface area contributed by atoms with E-state index in [4.69, 9.17) is 10.5 Å². The fourth-order valence-corrected chi connectivity index (χ4v) is 4.29. The van der Waals surface area contributed by atoms with Crippen LogP contribution in [0.15, 0.2) is 36.9 Å². The number of fused-ring (bicyclic) bond motifs is 1. The molecule has 0 spiro atoms. The van der Waals surface area contributed by atoms with Gasteiger partial charge in [0.25, 0.3) is 0 Å². The summed E-state index contributed by atoms with van der Waals surface area (Å²) in [4.78, 5) is 30.0. The topological polar surface area (TPSA) is 123 Å². The Morgan fingerprint density at radius 1 is 1.28 bits per heavy atom. The number of hydrogen-bond donors (Lipinski definition) is 2. The Labute approximate surface area is 186 Å². The molecule has 3 aromatic rings. The molecule has 3 N–H and O–H groups in total. The first-order valence-corrected chi connectivity index (χ1v) is 10.6. The van der Waals surface area contributed by atoms with E-state index in [2.05, 4.69) is 15.0 Å². The fraction of sp³-hybridized carbons (Fsp3) is 0.455. The second-order valence-corrected chi connectivity index (χ2v) is 8.29. The molecule has 170 valence electrons. The van der Waals surface area contributed by atoms with Crippen LogP contribution in [0.3, 0.4) is 0 Å². The smallest absolute Gasteiger partial charge is 0.240 e. The summed E-state index contributed by atoms with van der Waals surface area (Å²) in [5, 5.41) is 9.95. The van der Waals surface area contributed by atoms with Crippen molar-refractivity contribution in [1.82, 2.24) is 24.4 Å². The lowest BCUT2D eigenvalue weighted by atomic mass is 10.0. The number of anilines is 1. The minimum Gasteiger partial charge on any atom is -0.497 e. The van der Waals surface area contributed by atoms with Crippen LogP contribution in [0.1, 0.15) is 18.0 Å². The van der Waals surface area contributed by atoms with Gasteiger partial charge in [-0.15, -0.1) is 0 Å². The molecule has 32 heavy (non-hydrogen) atoms. The van der Waals surface area contributed by atoms with Crippen LogP contribution in [0, 0.1) is 0 Å². The number of imidazole rings is 1. The number of rotatable bonds is 7. The maximum absolute atomic E-state index is 13.2. The highest BCUT2D eigenvalue weighted by Crippen LogP contribution is 2.31. The standard InChI is InChI=1S/C22H29N7O3/c1-27(2)20-19-21(25-12-24-20)29(13-26-19)15-9-16(11-30)28(10-15)22(31)18(23)8-14-4-6-17(32-3)7-5-14/h4-7,12-13,15-16,18,30H,8-11,23H2,1-3H3. The highest BCUT2D eigenvalue weighted by atomic mass is 16.5. The zero-order valence-electron chi connectivity index (χ0n) is 18.5. The lowest BCUT2D eigenvalue weighted by Crippen LogP contribution is -2.48.